The fourth-order valence-electron chi connectivity index (χ4n) is 1.60. The zero-order chi connectivity index (χ0) is 12.3. The van der Waals surface area contributed by atoms with Crippen molar-refractivity contribution in [1.29, 1.82) is 0 Å². The van der Waals surface area contributed by atoms with Crippen LogP contribution in [0.25, 0.3) is 0 Å². The predicted octanol–water partition coefficient (Wildman–Crippen LogP) is 1.53. The van der Waals surface area contributed by atoms with Gasteiger partial charge in [-0.1, -0.05) is 12.2 Å². The summed E-state index contributed by atoms with van der Waals surface area (Å²) in [5, 5.41) is 7.45. The second kappa shape index (κ2) is 8.96. The molecule has 0 bridgehead atoms. The van der Waals surface area contributed by atoms with Gasteiger partial charge in [0.2, 0.25) is 0 Å². The van der Waals surface area contributed by atoms with Crippen molar-refractivity contribution >= 4 is 0 Å². The Morgan fingerprint density at radius 2 is 2.18 bits per heavy atom. The molecule has 1 aromatic rings. The van der Waals surface area contributed by atoms with Gasteiger partial charge in [0.15, 0.2) is 0 Å². The highest BCUT2D eigenvalue weighted by atomic mass is 16.5. The minimum atomic E-state index is 0.782. The lowest BCUT2D eigenvalue weighted by Crippen LogP contribution is -2.19. The van der Waals surface area contributed by atoms with Crippen LogP contribution in [-0.2, 0) is 18.2 Å². The summed E-state index contributed by atoms with van der Waals surface area (Å²) in [6.45, 7) is 2.73. The quantitative estimate of drug-likeness (QED) is 0.523. The van der Waals surface area contributed by atoms with Crippen LogP contribution in [0.3, 0.4) is 0 Å². The number of hydrogen-bond acceptors (Lipinski definition) is 3. The van der Waals surface area contributed by atoms with Crippen LogP contribution in [0.4, 0.5) is 0 Å². The van der Waals surface area contributed by atoms with Crippen LogP contribution in [0, 0.1) is 0 Å². The van der Waals surface area contributed by atoms with Gasteiger partial charge in [-0.15, -0.1) is 0 Å². The Morgan fingerprint density at radius 3 is 2.88 bits per heavy atom. The predicted molar refractivity (Wildman–Crippen MR) is 70.0 cm³/mol. The van der Waals surface area contributed by atoms with Crippen LogP contribution in [0.5, 0.6) is 0 Å². The standard InChI is InChI=1S/C13H23N3O/c1-16-13(8-10-15-16)7-5-3-4-6-9-14-11-12-17-2/h3-4,8,10,14H,5-7,9,11-12H2,1-2H3/b4-3+. The topological polar surface area (TPSA) is 39.1 Å². The molecule has 0 radical (unpaired) electrons. The molecule has 0 atom stereocenters. The summed E-state index contributed by atoms with van der Waals surface area (Å²) in [6, 6.07) is 2.07. The molecule has 4 heteroatoms. The van der Waals surface area contributed by atoms with Crippen molar-refractivity contribution in [3.8, 4) is 0 Å². The monoisotopic (exact) mass is 237 g/mol. The van der Waals surface area contributed by atoms with E-state index in [0.717, 1.165) is 39.0 Å². The first kappa shape index (κ1) is 13.9. The van der Waals surface area contributed by atoms with Gasteiger partial charge in [0, 0.05) is 32.6 Å². The highest BCUT2D eigenvalue weighted by Gasteiger charge is 1.95. The zero-order valence-corrected chi connectivity index (χ0v) is 10.9. The van der Waals surface area contributed by atoms with E-state index in [2.05, 4.69) is 28.6 Å². The van der Waals surface area contributed by atoms with Crippen LogP contribution >= 0.6 is 0 Å². The maximum atomic E-state index is 4.95. The molecule has 96 valence electrons. The molecule has 0 saturated heterocycles. The number of aromatic nitrogens is 2. The molecule has 0 aromatic carbocycles. The third-order valence-corrected chi connectivity index (χ3v) is 2.63. The third-order valence-electron chi connectivity index (χ3n) is 2.63. The lowest BCUT2D eigenvalue weighted by atomic mass is 10.2. The molecule has 0 aliphatic rings. The molecule has 1 aromatic heterocycles. The molecule has 1 rings (SSSR count). The minimum Gasteiger partial charge on any atom is -0.383 e. The van der Waals surface area contributed by atoms with E-state index in [1.54, 1.807) is 7.11 Å². The van der Waals surface area contributed by atoms with Gasteiger partial charge in [-0.3, -0.25) is 4.68 Å². The Balaban J connectivity index is 1.97. The van der Waals surface area contributed by atoms with E-state index in [1.165, 1.54) is 5.69 Å². The van der Waals surface area contributed by atoms with E-state index in [9.17, 15) is 0 Å². The fraction of sp³-hybridized carbons (Fsp3) is 0.615. The van der Waals surface area contributed by atoms with Crippen molar-refractivity contribution in [3.63, 3.8) is 0 Å². The average Bonchev–Trinajstić information content (AvgIpc) is 2.73. The number of nitrogens with zero attached hydrogens (tertiary/aromatic N) is 2. The summed E-state index contributed by atoms with van der Waals surface area (Å²) >= 11 is 0. The molecule has 1 heterocycles. The largest absolute Gasteiger partial charge is 0.383 e. The number of aryl methyl sites for hydroxylation is 2. The van der Waals surface area contributed by atoms with Crippen molar-refractivity contribution in [2.24, 2.45) is 7.05 Å². The van der Waals surface area contributed by atoms with E-state index in [-0.39, 0.29) is 0 Å². The number of hydrogen-bond donors (Lipinski definition) is 1. The molecule has 4 nitrogen and oxygen atoms in total. The first-order chi connectivity index (χ1) is 8.34. The van der Waals surface area contributed by atoms with Gasteiger partial charge in [0.05, 0.1) is 6.61 Å². The van der Waals surface area contributed by atoms with Gasteiger partial charge in [0.1, 0.15) is 0 Å². The Hall–Kier alpha value is -1.13. The lowest BCUT2D eigenvalue weighted by Gasteiger charge is -2.00. The van der Waals surface area contributed by atoms with Crippen molar-refractivity contribution in [2.45, 2.75) is 19.3 Å². The Kier molecular flexibility index (Phi) is 7.34. The second-order valence-corrected chi connectivity index (χ2v) is 3.99. The van der Waals surface area contributed by atoms with Gasteiger partial charge in [-0.25, -0.2) is 0 Å². The summed E-state index contributed by atoms with van der Waals surface area (Å²) in [4.78, 5) is 0. The minimum absolute atomic E-state index is 0.782. The van der Waals surface area contributed by atoms with E-state index in [4.69, 9.17) is 4.74 Å². The highest BCUT2D eigenvalue weighted by Crippen LogP contribution is 2.01. The van der Waals surface area contributed by atoms with Crippen LogP contribution in [0.15, 0.2) is 24.4 Å². The van der Waals surface area contributed by atoms with Gasteiger partial charge < -0.3 is 10.1 Å². The van der Waals surface area contributed by atoms with Gasteiger partial charge >= 0.3 is 0 Å². The van der Waals surface area contributed by atoms with Crippen molar-refractivity contribution < 1.29 is 4.74 Å². The molecule has 17 heavy (non-hydrogen) atoms. The van der Waals surface area contributed by atoms with Crippen LogP contribution in [0.1, 0.15) is 18.5 Å². The molecule has 1 N–H and O–H groups in total. The number of nitrogens with one attached hydrogen (secondary N) is 1. The molecule has 0 aliphatic carbocycles. The van der Waals surface area contributed by atoms with Crippen molar-refractivity contribution in [1.82, 2.24) is 15.1 Å². The van der Waals surface area contributed by atoms with Gasteiger partial charge in [0.25, 0.3) is 0 Å². The number of allylic oxidation sites excluding steroid dienone is 1. The summed E-state index contributed by atoms with van der Waals surface area (Å²) in [7, 11) is 3.71. The van der Waals surface area contributed by atoms with E-state index >= 15 is 0 Å². The van der Waals surface area contributed by atoms with Gasteiger partial charge in [-0.05, 0) is 31.9 Å². The molecule has 0 unspecified atom stereocenters. The van der Waals surface area contributed by atoms with Crippen LogP contribution in [-0.4, -0.2) is 36.6 Å². The maximum absolute atomic E-state index is 4.95. The van der Waals surface area contributed by atoms with Crippen LogP contribution < -0.4 is 5.32 Å². The Bertz CT molecular complexity index is 320. The molecule has 0 spiro atoms. The Morgan fingerprint density at radius 1 is 1.35 bits per heavy atom. The van der Waals surface area contributed by atoms with E-state index in [1.807, 2.05) is 17.9 Å². The summed E-state index contributed by atoms with van der Waals surface area (Å²) in [6.07, 6.45) is 9.54. The molecular formula is C13H23N3O. The molecule has 0 fully saturated rings. The second-order valence-electron chi connectivity index (χ2n) is 3.99. The summed E-state index contributed by atoms with van der Waals surface area (Å²) < 4.78 is 6.88. The third kappa shape index (κ3) is 6.24. The highest BCUT2D eigenvalue weighted by molar-refractivity contribution is 5.01. The fourth-order valence-corrected chi connectivity index (χ4v) is 1.60. The summed E-state index contributed by atoms with van der Waals surface area (Å²) in [5.41, 5.74) is 1.29. The molecule has 0 aliphatic heterocycles. The normalized spacial score (nSPS) is 11.4. The zero-order valence-electron chi connectivity index (χ0n) is 10.9. The number of methoxy groups -OCH3 is 1. The first-order valence-electron chi connectivity index (χ1n) is 6.16. The average molecular weight is 237 g/mol. The van der Waals surface area contributed by atoms with E-state index in [0.29, 0.717) is 0 Å². The number of ether oxygens (including phenoxy) is 1. The van der Waals surface area contributed by atoms with E-state index < -0.39 is 0 Å². The Labute approximate surface area is 104 Å². The maximum Gasteiger partial charge on any atom is 0.0587 e. The lowest BCUT2D eigenvalue weighted by molar-refractivity contribution is 0.199. The van der Waals surface area contributed by atoms with Crippen molar-refractivity contribution in [2.75, 3.05) is 26.8 Å². The van der Waals surface area contributed by atoms with Crippen LogP contribution in [0.2, 0.25) is 0 Å². The molecule has 0 saturated carbocycles. The van der Waals surface area contributed by atoms with Gasteiger partial charge in [-0.2, -0.15) is 5.10 Å². The number of rotatable bonds is 9. The SMILES string of the molecule is COCCNCC/C=C/CCc1ccnn1C. The summed E-state index contributed by atoms with van der Waals surface area (Å²) in [5.74, 6) is 0. The first-order valence-corrected chi connectivity index (χ1v) is 6.16. The smallest absolute Gasteiger partial charge is 0.0587 e. The molecular weight excluding hydrogens is 214 g/mol. The molecule has 0 amide bonds. The van der Waals surface area contributed by atoms with Crippen molar-refractivity contribution in [3.05, 3.63) is 30.1 Å².